The SMILES string of the molecule is Cc1nc(NCC(O)c2ccccc2C(F)(F)F)c2cccnc2n1. The molecule has 0 amide bonds. The molecule has 1 atom stereocenters. The maximum atomic E-state index is 13.1. The normalized spacial score (nSPS) is 13.0. The Morgan fingerprint density at radius 1 is 1.12 bits per heavy atom. The monoisotopic (exact) mass is 348 g/mol. The van der Waals surface area contributed by atoms with E-state index < -0.39 is 17.8 Å². The molecule has 0 aliphatic carbocycles. The third-order valence-electron chi connectivity index (χ3n) is 3.67. The van der Waals surface area contributed by atoms with Crippen molar-refractivity contribution in [2.75, 3.05) is 11.9 Å². The lowest BCUT2D eigenvalue weighted by molar-refractivity contribution is -0.139. The van der Waals surface area contributed by atoms with Crippen molar-refractivity contribution < 1.29 is 18.3 Å². The molecule has 8 heteroatoms. The summed E-state index contributed by atoms with van der Waals surface area (Å²) >= 11 is 0. The standard InChI is InChI=1S/C17H15F3N4O/c1-10-23-15-12(6-4-8-21-15)16(24-10)22-9-14(25)11-5-2-3-7-13(11)17(18,19)20/h2-8,14,25H,9H2,1H3,(H,21,22,23,24). The van der Waals surface area contributed by atoms with E-state index in [1.807, 2.05) is 0 Å². The molecule has 1 unspecified atom stereocenters. The summed E-state index contributed by atoms with van der Waals surface area (Å²) in [6.07, 6.45) is -4.29. The Kier molecular flexibility index (Phi) is 4.54. The minimum absolute atomic E-state index is 0.131. The predicted octanol–water partition coefficient (Wildman–Crippen LogP) is 3.50. The first-order valence-electron chi connectivity index (χ1n) is 7.53. The summed E-state index contributed by atoms with van der Waals surface area (Å²) in [4.78, 5) is 12.6. The number of hydrogen-bond donors (Lipinski definition) is 2. The predicted molar refractivity (Wildman–Crippen MR) is 87.0 cm³/mol. The van der Waals surface area contributed by atoms with Crippen LogP contribution in [0.25, 0.3) is 11.0 Å². The van der Waals surface area contributed by atoms with Gasteiger partial charge in [0.05, 0.1) is 17.1 Å². The van der Waals surface area contributed by atoms with Crippen LogP contribution in [-0.4, -0.2) is 26.6 Å². The fourth-order valence-corrected chi connectivity index (χ4v) is 2.55. The van der Waals surface area contributed by atoms with Gasteiger partial charge in [-0.3, -0.25) is 0 Å². The van der Waals surface area contributed by atoms with Crippen LogP contribution in [0.2, 0.25) is 0 Å². The zero-order valence-electron chi connectivity index (χ0n) is 13.2. The van der Waals surface area contributed by atoms with Crippen LogP contribution in [0.3, 0.4) is 0 Å². The number of hydrogen-bond acceptors (Lipinski definition) is 5. The zero-order valence-corrected chi connectivity index (χ0v) is 13.2. The number of benzene rings is 1. The van der Waals surface area contributed by atoms with Gasteiger partial charge < -0.3 is 10.4 Å². The Bertz CT molecular complexity index is 898. The number of pyridine rings is 1. The molecule has 0 aliphatic rings. The molecule has 2 heterocycles. The number of halogens is 3. The van der Waals surface area contributed by atoms with Gasteiger partial charge >= 0.3 is 6.18 Å². The van der Waals surface area contributed by atoms with Crippen LogP contribution in [0.1, 0.15) is 23.1 Å². The van der Waals surface area contributed by atoms with E-state index in [2.05, 4.69) is 20.3 Å². The van der Waals surface area contributed by atoms with Gasteiger partial charge in [0, 0.05) is 12.7 Å². The number of fused-ring (bicyclic) bond motifs is 1. The van der Waals surface area contributed by atoms with Crippen molar-refractivity contribution in [3.8, 4) is 0 Å². The molecule has 2 aromatic heterocycles. The molecule has 3 aromatic rings. The van der Waals surface area contributed by atoms with E-state index in [0.29, 0.717) is 22.7 Å². The average Bonchev–Trinajstić information content (AvgIpc) is 2.58. The average molecular weight is 348 g/mol. The van der Waals surface area contributed by atoms with Crippen LogP contribution in [0.15, 0.2) is 42.6 Å². The van der Waals surface area contributed by atoms with Crippen molar-refractivity contribution in [2.45, 2.75) is 19.2 Å². The van der Waals surface area contributed by atoms with Crippen molar-refractivity contribution >= 4 is 16.9 Å². The molecule has 0 radical (unpaired) electrons. The number of rotatable bonds is 4. The molecule has 2 N–H and O–H groups in total. The van der Waals surface area contributed by atoms with Crippen molar-refractivity contribution in [3.63, 3.8) is 0 Å². The van der Waals surface area contributed by atoms with E-state index in [0.717, 1.165) is 6.07 Å². The minimum atomic E-state index is -4.53. The van der Waals surface area contributed by atoms with Crippen molar-refractivity contribution in [1.82, 2.24) is 15.0 Å². The van der Waals surface area contributed by atoms with Gasteiger partial charge in [0.1, 0.15) is 11.6 Å². The summed E-state index contributed by atoms with van der Waals surface area (Å²) in [6.45, 7) is 1.56. The first-order chi connectivity index (χ1) is 11.9. The van der Waals surface area contributed by atoms with Gasteiger partial charge in [0.25, 0.3) is 0 Å². The second-order valence-corrected chi connectivity index (χ2v) is 5.48. The maximum Gasteiger partial charge on any atom is 0.416 e. The second kappa shape index (κ2) is 6.64. The quantitative estimate of drug-likeness (QED) is 0.755. The van der Waals surface area contributed by atoms with E-state index in [9.17, 15) is 18.3 Å². The smallest absolute Gasteiger partial charge is 0.387 e. The minimum Gasteiger partial charge on any atom is -0.387 e. The van der Waals surface area contributed by atoms with Crippen molar-refractivity contribution in [1.29, 1.82) is 0 Å². The lowest BCUT2D eigenvalue weighted by Gasteiger charge is -2.18. The first kappa shape index (κ1) is 17.1. The second-order valence-electron chi connectivity index (χ2n) is 5.48. The lowest BCUT2D eigenvalue weighted by atomic mass is 10.0. The summed E-state index contributed by atoms with van der Waals surface area (Å²) in [5.41, 5.74) is -0.562. The van der Waals surface area contributed by atoms with Crippen molar-refractivity contribution in [3.05, 3.63) is 59.5 Å². The van der Waals surface area contributed by atoms with Gasteiger partial charge in [-0.2, -0.15) is 13.2 Å². The van der Waals surface area contributed by atoms with Crippen LogP contribution >= 0.6 is 0 Å². The van der Waals surface area contributed by atoms with Crippen LogP contribution in [0.4, 0.5) is 19.0 Å². The van der Waals surface area contributed by atoms with Gasteiger partial charge in [0.2, 0.25) is 0 Å². The molecule has 0 bridgehead atoms. The van der Waals surface area contributed by atoms with E-state index in [1.165, 1.54) is 18.2 Å². The Labute approximate surface area is 141 Å². The number of anilines is 1. The number of aryl methyl sites for hydroxylation is 1. The molecule has 1 aromatic carbocycles. The molecule has 25 heavy (non-hydrogen) atoms. The molecule has 0 aliphatic heterocycles. The highest BCUT2D eigenvalue weighted by molar-refractivity contribution is 5.86. The summed E-state index contributed by atoms with van der Waals surface area (Å²) in [5, 5.41) is 13.8. The molecule has 5 nitrogen and oxygen atoms in total. The fourth-order valence-electron chi connectivity index (χ4n) is 2.55. The molecule has 0 saturated heterocycles. The lowest BCUT2D eigenvalue weighted by Crippen LogP contribution is -2.18. The molecule has 0 fully saturated rings. The molecular weight excluding hydrogens is 333 g/mol. The highest BCUT2D eigenvalue weighted by atomic mass is 19.4. The number of aliphatic hydroxyl groups excluding tert-OH is 1. The molecule has 0 saturated carbocycles. The van der Waals surface area contributed by atoms with E-state index in [4.69, 9.17) is 0 Å². The van der Waals surface area contributed by atoms with Crippen LogP contribution in [0, 0.1) is 6.92 Å². The van der Waals surface area contributed by atoms with Gasteiger partial charge in [-0.15, -0.1) is 0 Å². The molecule has 3 rings (SSSR count). The maximum absolute atomic E-state index is 13.1. The van der Waals surface area contributed by atoms with Gasteiger partial charge in [0.15, 0.2) is 5.65 Å². The van der Waals surface area contributed by atoms with Crippen LogP contribution in [0.5, 0.6) is 0 Å². The summed E-state index contributed by atoms with van der Waals surface area (Å²) in [7, 11) is 0. The largest absolute Gasteiger partial charge is 0.416 e. The van der Waals surface area contributed by atoms with E-state index >= 15 is 0 Å². The summed E-state index contributed by atoms with van der Waals surface area (Å²) in [5.74, 6) is 0.887. The number of alkyl halides is 3. The Morgan fingerprint density at radius 2 is 1.88 bits per heavy atom. The molecule has 130 valence electrons. The zero-order chi connectivity index (χ0) is 18.0. The number of nitrogens with zero attached hydrogens (tertiary/aromatic N) is 3. The number of nitrogens with one attached hydrogen (secondary N) is 1. The summed E-state index contributed by atoms with van der Waals surface area (Å²) in [6, 6.07) is 8.43. The highest BCUT2D eigenvalue weighted by Gasteiger charge is 2.34. The number of aromatic nitrogens is 3. The topological polar surface area (TPSA) is 70.9 Å². The first-order valence-corrected chi connectivity index (χ1v) is 7.53. The highest BCUT2D eigenvalue weighted by Crippen LogP contribution is 2.34. The molecule has 0 spiro atoms. The Morgan fingerprint density at radius 3 is 2.64 bits per heavy atom. The van der Waals surface area contributed by atoms with E-state index in [1.54, 1.807) is 25.3 Å². The van der Waals surface area contributed by atoms with Gasteiger partial charge in [-0.1, -0.05) is 18.2 Å². The third kappa shape index (κ3) is 3.69. The van der Waals surface area contributed by atoms with Crippen LogP contribution < -0.4 is 5.32 Å². The Hall–Kier alpha value is -2.74. The van der Waals surface area contributed by atoms with Gasteiger partial charge in [-0.05, 0) is 30.7 Å². The third-order valence-corrected chi connectivity index (χ3v) is 3.67. The van der Waals surface area contributed by atoms with E-state index in [-0.39, 0.29) is 12.1 Å². The van der Waals surface area contributed by atoms with Gasteiger partial charge in [-0.25, -0.2) is 15.0 Å². The molecular formula is C17H15F3N4O. The number of aliphatic hydroxyl groups is 1. The van der Waals surface area contributed by atoms with Crippen LogP contribution in [-0.2, 0) is 6.18 Å². The fraction of sp³-hybridized carbons (Fsp3) is 0.235. The van der Waals surface area contributed by atoms with Crippen molar-refractivity contribution in [2.24, 2.45) is 0 Å². The Balaban J connectivity index is 1.86. The summed E-state index contributed by atoms with van der Waals surface area (Å²) < 4.78 is 39.2.